The Kier molecular flexibility index (Phi) is 4.84. The van der Waals surface area contributed by atoms with E-state index < -0.39 is 0 Å². The van der Waals surface area contributed by atoms with Crippen molar-refractivity contribution in [2.45, 2.75) is 11.9 Å². The molecule has 3 rings (SSSR count). The number of aryl methyl sites for hydroxylation is 1. The van der Waals surface area contributed by atoms with Gasteiger partial charge in [-0.25, -0.2) is 4.98 Å². The fourth-order valence-corrected chi connectivity index (χ4v) is 3.24. The highest BCUT2D eigenvalue weighted by molar-refractivity contribution is 7.99. The Morgan fingerprint density at radius 1 is 1.17 bits per heavy atom. The van der Waals surface area contributed by atoms with Crippen LogP contribution in [-0.4, -0.2) is 16.6 Å². The van der Waals surface area contributed by atoms with Crippen LogP contribution in [0.1, 0.15) is 5.56 Å². The van der Waals surface area contributed by atoms with Gasteiger partial charge in [0, 0.05) is 5.39 Å². The van der Waals surface area contributed by atoms with E-state index in [2.05, 4.69) is 23.3 Å². The Balaban J connectivity index is 1.68. The molecule has 0 aliphatic heterocycles. The molecular formula is C18H15ClN2OS. The lowest BCUT2D eigenvalue weighted by Gasteiger charge is -2.08. The predicted molar refractivity (Wildman–Crippen MR) is 97.3 cm³/mol. The van der Waals surface area contributed by atoms with Crippen molar-refractivity contribution in [1.29, 1.82) is 0 Å². The first-order valence-electron chi connectivity index (χ1n) is 7.17. The fourth-order valence-electron chi connectivity index (χ4n) is 2.28. The van der Waals surface area contributed by atoms with Crippen LogP contribution >= 0.6 is 23.4 Å². The van der Waals surface area contributed by atoms with Gasteiger partial charge in [-0.1, -0.05) is 53.7 Å². The SMILES string of the molecule is Cc1cc(SCC(=O)Nc2ccccc2Cl)nc2ccccc12. The Morgan fingerprint density at radius 3 is 2.74 bits per heavy atom. The summed E-state index contributed by atoms with van der Waals surface area (Å²) in [5.41, 5.74) is 2.73. The molecule has 2 aromatic carbocycles. The standard InChI is InChI=1S/C18H15ClN2OS/c1-12-10-18(21-15-8-4-2-6-13(12)15)23-11-17(22)20-16-9-5-3-7-14(16)19/h2-10H,11H2,1H3,(H,20,22). The topological polar surface area (TPSA) is 42.0 Å². The molecule has 23 heavy (non-hydrogen) atoms. The number of hydrogen-bond acceptors (Lipinski definition) is 3. The third-order valence-corrected chi connectivity index (χ3v) is 4.64. The molecule has 0 fully saturated rings. The Bertz CT molecular complexity index is 867. The lowest BCUT2D eigenvalue weighted by atomic mass is 10.1. The second kappa shape index (κ2) is 7.02. The highest BCUT2D eigenvalue weighted by Crippen LogP contribution is 2.24. The molecule has 3 nitrogen and oxygen atoms in total. The van der Waals surface area contributed by atoms with Gasteiger partial charge in [0.25, 0.3) is 0 Å². The van der Waals surface area contributed by atoms with E-state index >= 15 is 0 Å². The number of benzene rings is 2. The van der Waals surface area contributed by atoms with Crippen molar-refractivity contribution in [1.82, 2.24) is 4.98 Å². The van der Waals surface area contributed by atoms with Gasteiger partial charge < -0.3 is 5.32 Å². The fraction of sp³-hybridized carbons (Fsp3) is 0.111. The molecule has 0 spiro atoms. The molecule has 0 bridgehead atoms. The maximum absolute atomic E-state index is 12.1. The number of carbonyl (C=O) groups is 1. The average molecular weight is 343 g/mol. The summed E-state index contributed by atoms with van der Waals surface area (Å²) in [4.78, 5) is 16.7. The number of pyridine rings is 1. The largest absolute Gasteiger partial charge is 0.324 e. The Hall–Kier alpha value is -2.04. The molecule has 116 valence electrons. The maximum atomic E-state index is 12.1. The van der Waals surface area contributed by atoms with Crippen LogP contribution in [-0.2, 0) is 4.79 Å². The Labute approximate surface area is 144 Å². The van der Waals surface area contributed by atoms with Crippen LogP contribution in [0.3, 0.4) is 0 Å². The first-order chi connectivity index (χ1) is 11.1. The molecular weight excluding hydrogens is 328 g/mol. The molecule has 0 saturated carbocycles. The third kappa shape index (κ3) is 3.84. The molecule has 0 unspecified atom stereocenters. The molecule has 5 heteroatoms. The number of para-hydroxylation sites is 2. The lowest BCUT2D eigenvalue weighted by Crippen LogP contribution is -2.14. The summed E-state index contributed by atoms with van der Waals surface area (Å²) in [5, 5.41) is 5.33. The van der Waals surface area contributed by atoms with Crippen molar-refractivity contribution < 1.29 is 4.79 Å². The van der Waals surface area contributed by atoms with Crippen molar-refractivity contribution in [2.24, 2.45) is 0 Å². The maximum Gasteiger partial charge on any atom is 0.234 e. The minimum absolute atomic E-state index is 0.101. The zero-order chi connectivity index (χ0) is 16.2. The quantitative estimate of drug-likeness (QED) is 0.684. The minimum Gasteiger partial charge on any atom is -0.324 e. The second-order valence-electron chi connectivity index (χ2n) is 5.11. The van der Waals surface area contributed by atoms with E-state index in [1.54, 1.807) is 12.1 Å². The third-order valence-electron chi connectivity index (χ3n) is 3.40. The number of thioether (sulfide) groups is 1. The highest BCUT2D eigenvalue weighted by atomic mass is 35.5. The van der Waals surface area contributed by atoms with Crippen LogP contribution in [0.2, 0.25) is 5.02 Å². The predicted octanol–water partition coefficient (Wildman–Crippen LogP) is 4.93. The van der Waals surface area contributed by atoms with Gasteiger partial charge in [-0.2, -0.15) is 0 Å². The average Bonchev–Trinajstić information content (AvgIpc) is 2.55. The minimum atomic E-state index is -0.101. The molecule has 0 atom stereocenters. The van der Waals surface area contributed by atoms with Crippen molar-refractivity contribution in [3.63, 3.8) is 0 Å². The van der Waals surface area contributed by atoms with E-state index in [0.29, 0.717) is 10.7 Å². The van der Waals surface area contributed by atoms with Crippen LogP contribution in [0.5, 0.6) is 0 Å². The van der Waals surface area contributed by atoms with Gasteiger partial charge in [0.05, 0.1) is 27.0 Å². The molecule has 1 N–H and O–H groups in total. The van der Waals surface area contributed by atoms with E-state index in [-0.39, 0.29) is 11.7 Å². The lowest BCUT2D eigenvalue weighted by molar-refractivity contribution is -0.113. The van der Waals surface area contributed by atoms with Crippen molar-refractivity contribution in [2.75, 3.05) is 11.1 Å². The van der Waals surface area contributed by atoms with Crippen LogP contribution < -0.4 is 5.32 Å². The van der Waals surface area contributed by atoms with Crippen LogP contribution in [0.15, 0.2) is 59.6 Å². The molecule has 0 radical (unpaired) electrons. The monoisotopic (exact) mass is 342 g/mol. The molecule has 1 aromatic heterocycles. The number of anilines is 1. The summed E-state index contributed by atoms with van der Waals surface area (Å²) in [6.07, 6.45) is 0. The number of rotatable bonds is 4. The summed E-state index contributed by atoms with van der Waals surface area (Å²) < 4.78 is 0. The van der Waals surface area contributed by atoms with Gasteiger partial charge >= 0.3 is 0 Å². The summed E-state index contributed by atoms with van der Waals surface area (Å²) in [7, 11) is 0. The molecule has 1 heterocycles. The summed E-state index contributed by atoms with van der Waals surface area (Å²) in [5.74, 6) is 0.187. The zero-order valence-electron chi connectivity index (χ0n) is 12.5. The molecule has 3 aromatic rings. The first kappa shape index (κ1) is 15.8. The van der Waals surface area contributed by atoms with Gasteiger partial charge in [-0.3, -0.25) is 4.79 Å². The highest BCUT2D eigenvalue weighted by Gasteiger charge is 2.08. The van der Waals surface area contributed by atoms with Crippen LogP contribution in [0.25, 0.3) is 10.9 Å². The van der Waals surface area contributed by atoms with Gasteiger partial charge in [-0.05, 0) is 36.8 Å². The number of halogens is 1. The number of carbonyl (C=O) groups excluding carboxylic acids is 1. The summed E-state index contributed by atoms with van der Waals surface area (Å²) in [6.45, 7) is 2.05. The number of amides is 1. The van der Waals surface area contributed by atoms with Gasteiger partial charge in [0.2, 0.25) is 5.91 Å². The smallest absolute Gasteiger partial charge is 0.234 e. The first-order valence-corrected chi connectivity index (χ1v) is 8.53. The van der Waals surface area contributed by atoms with E-state index in [0.717, 1.165) is 21.5 Å². The Morgan fingerprint density at radius 2 is 1.91 bits per heavy atom. The van der Waals surface area contributed by atoms with E-state index in [1.807, 2.05) is 36.4 Å². The van der Waals surface area contributed by atoms with Crippen molar-refractivity contribution in [3.8, 4) is 0 Å². The summed E-state index contributed by atoms with van der Waals surface area (Å²) >= 11 is 7.45. The number of aromatic nitrogens is 1. The number of nitrogens with zero attached hydrogens (tertiary/aromatic N) is 1. The van der Waals surface area contributed by atoms with Crippen LogP contribution in [0.4, 0.5) is 5.69 Å². The van der Waals surface area contributed by atoms with Crippen molar-refractivity contribution in [3.05, 3.63) is 65.2 Å². The van der Waals surface area contributed by atoms with Crippen LogP contribution in [0, 0.1) is 6.92 Å². The number of hydrogen-bond donors (Lipinski definition) is 1. The van der Waals surface area contributed by atoms with Gasteiger partial charge in [0.15, 0.2) is 0 Å². The molecule has 1 amide bonds. The van der Waals surface area contributed by atoms with E-state index in [1.165, 1.54) is 11.8 Å². The number of nitrogens with one attached hydrogen (secondary N) is 1. The van der Waals surface area contributed by atoms with Gasteiger partial charge in [-0.15, -0.1) is 0 Å². The number of fused-ring (bicyclic) bond motifs is 1. The zero-order valence-corrected chi connectivity index (χ0v) is 14.1. The summed E-state index contributed by atoms with van der Waals surface area (Å²) in [6, 6.07) is 17.2. The van der Waals surface area contributed by atoms with Gasteiger partial charge in [0.1, 0.15) is 0 Å². The normalized spacial score (nSPS) is 10.7. The molecule has 0 aliphatic carbocycles. The molecule has 0 saturated heterocycles. The van der Waals surface area contributed by atoms with E-state index in [9.17, 15) is 4.79 Å². The van der Waals surface area contributed by atoms with Crippen molar-refractivity contribution >= 4 is 45.9 Å². The van der Waals surface area contributed by atoms with E-state index in [4.69, 9.17) is 11.6 Å². The second-order valence-corrected chi connectivity index (χ2v) is 6.51. The molecule has 0 aliphatic rings.